The van der Waals surface area contributed by atoms with E-state index in [9.17, 15) is 14.4 Å². The van der Waals surface area contributed by atoms with Gasteiger partial charge < -0.3 is 14.2 Å². The smallest absolute Gasteiger partial charge is 0.306 e. The van der Waals surface area contributed by atoms with Crippen LogP contribution >= 0.6 is 0 Å². The van der Waals surface area contributed by atoms with Gasteiger partial charge in [-0.15, -0.1) is 0 Å². The Balaban J connectivity index is 4.15. The molecule has 0 aliphatic heterocycles. The number of ether oxygens (including phenoxy) is 3. The van der Waals surface area contributed by atoms with Gasteiger partial charge in [0.1, 0.15) is 13.2 Å². The first kappa shape index (κ1) is 75.8. The second kappa shape index (κ2) is 67.4. The molecular weight excluding hydrogens is 973 g/mol. The van der Waals surface area contributed by atoms with Crippen molar-refractivity contribution in [2.75, 3.05) is 13.2 Å². The van der Waals surface area contributed by atoms with E-state index in [1.54, 1.807) is 0 Å². The molecule has 6 heteroatoms. The molecule has 6 nitrogen and oxygen atoms in total. The maximum Gasteiger partial charge on any atom is 0.306 e. The number of hydrogen-bond donors (Lipinski definition) is 0. The minimum absolute atomic E-state index is 0.0714. The number of hydrogen-bond acceptors (Lipinski definition) is 6. The Morgan fingerprint density at radius 3 is 0.797 bits per heavy atom. The van der Waals surface area contributed by atoms with Gasteiger partial charge in [-0.3, -0.25) is 14.4 Å². The highest BCUT2D eigenvalue weighted by Gasteiger charge is 2.19. The van der Waals surface area contributed by atoms with Gasteiger partial charge in [0.15, 0.2) is 6.10 Å². The first-order valence-electron chi connectivity index (χ1n) is 34.4. The molecule has 0 N–H and O–H groups in total. The molecular formula is C73H130O6. The molecule has 0 spiro atoms. The SMILES string of the molecule is CC/C=C\C/C=C\C/C=C\C/C=C\CCCCCCCCCCCCCCCCCCCCC(=O)OCC(COC(=O)CCCCCCCCCCCCC)OC(=O)CCCCCCCCCCC/C=C\C/C=C\CCCCC. The molecule has 0 aromatic heterocycles. The van der Waals surface area contributed by atoms with Crippen molar-refractivity contribution in [2.45, 2.75) is 361 Å². The number of allylic oxidation sites excluding steroid dienone is 12. The number of esters is 3. The zero-order valence-electron chi connectivity index (χ0n) is 52.6. The van der Waals surface area contributed by atoms with Crippen LogP contribution in [0.4, 0.5) is 0 Å². The van der Waals surface area contributed by atoms with Crippen molar-refractivity contribution in [1.29, 1.82) is 0 Å². The Labute approximate surface area is 491 Å². The van der Waals surface area contributed by atoms with Crippen LogP contribution in [0.15, 0.2) is 72.9 Å². The topological polar surface area (TPSA) is 78.9 Å². The largest absolute Gasteiger partial charge is 0.462 e. The summed E-state index contributed by atoms with van der Waals surface area (Å²) in [5, 5.41) is 0. The summed E-state index contributed by atoms with van der Waals surface area (Å²) in [6.07, 6.45) is 87.9. The highest BCUT2D eigenvalue weighted by Crippen LogP contribution is 2.18. The van der Waals surface area contributed by atoms with Crippen LogP contribution in [-0.2, 0) is 28.6 Å². The van der Waals surface area contributed by atoms with Crippen molar-refractivity contribution in [3.8, 4) is 0 Å². The molecule has 0 heterocycles. The normalized spacial score (nSPS) is 12.5. The molecule has 1 unspecified atom stereocenters. The van der Waals surface area contributed by atoms with E-state index in [4.69, 9.17) is 14.2 Å². The molecule has 0 saturated carbocycles. The van der Waals surface area contributed by atoms with Gasteiger partial charge in [0.2, 0.25) is 0 Å². The fraction of sp³-hybridized carbons (Fsp3) is 0.795. The molecule has 0 aliphatic carbocycles. The van der Waals surface area contributed by atoms with Gasteiger partial charge in [-0.05, 0) is 89.9 Å². The van der Waals surface area contributed by atoms with Crippen LogP contribution in [0.2, 0.25) is 0 Å². The zero-order chi connectivity index (χ0) is 57.1. The summed E-state index contributed by atoms with van der Waals surface area (Å²) in [7, 11) is 0. The standard InChI is InChI=1S/C73H130O6/c1-4-7-10-13-16-19-22-24-26-28-30-31-32-33-34-35-36-37-38-39-40-41-43-44-46-48-51-54-57-60-63-66-72(75)78-69-70(68-77-71(74)65-62-59-56-53-50-21-18-15-12-9-6-3)79-73(76)67-64-61-58-55-52-49-47-45-42-29-27-25-23-20-17-14-11-8-5-2/h7,10,16-17,19-20,24-27,30-31,70H,4-6,8-9,11-15,18,21-23,28-29,32-69H2,1-3H3/b10-7-,19-16-,20-17-,26-24-,27-25-,31-30-. The molecule has 1 atom stereocenters. The minimum atomic E-state index is -0.774. The minimum Gasteiger partial charge on any atom is -0.462 e. The lowest BCUT2D eigenvalue weighted by molar-refractivity contribution is -0.167. The van der Waals surface area contributed by atoms with Gasteiger partial charge in [-0.1, -0.05) is 318 Å². The molecule has 0 aliphatic rings. The summed E-state index contributed by atoms with van der Waals surface area (Å²) in [6, 6.07) is 0. The summed E-state index contributed by atoms with van der Waals surface area (Å²) < 4.78 is 16.9. The van der Waals surface area contributed by atoms with Crippen LogP contribution in [0.3, 0.4) is 0 Å². The first-order chi connectivity index (χ1) is 39.0. The third kappa shape index (κ3) is 65.5. The average Bonchev–Trinajstić information content (AvgIpc) is 3.45. The quantitative estimate of drug-likeness (QED) is 0.0261. The van der Waals surface area contributed by atoms with E-state index in [0.29, 0.717) is 19.3 Å². The van der Waals surface area contributed by atoms with Gasteiger partial charge in [0.25, 0.3) is 0 Å². The van der Waals surface area contributed by atoms with E-state index in [1.807, 2.05) is 0 Å². The maximum atomic E-state index is 12.9. The Hall–Kier alpha value is -3.15. The lowest BCUT2D eigenvalue weighted by Gasteiger charge is -2.18. The molecule has 0 rings (SSSR count). The molecule has 0 fully saturated rings. The van der Waals surface area contributed by atoms with Crippen LogP contribution in [0.25, 0.3) is 0 Å². The van der Waals surface area contributed by atoms with Crippen molar-refractivity contribution < 1.29 is 28.6 Å². The van der Waals surface area contributed by atoms with Crippen LogP contribution in [0.1, 0.15) is 355 Å². The second-order valence-corrected chi connectivity index (χ2v) is 23.1. The molecule has 79 heavy (non-hydrogen) atoms. The van der Waals surface area contributed by atoms with Crippen molar-refractivity contribution in [3.05, 3.63) is 72.9 Å². The zero-order valence-corrected chi connectivity index (χ0v) is 52.6. The lowest BCUT2D eigenvalue weighted by atomic mass is 10.0. The van der Waals surface area contributed by atoms with Crippen molar-refractivity contribution >= 4 is 17.9 Å². The monoisotopic (exact) mass is 1100 g/mol. The third-order valence-corrected chi connectivity index (χ3v) is 15.2. The van der Waals surface area contributed by atoms with Crippen LogP contribution in [0, 0.1) is 0 Å². The van der Waals surface area contributed by atoms with Crippen LogP contribution in [0.5, 0.6) is 0 Å². The maximum absolute atomic E-state index is 12.9. The van der Waals surface area contributed by atoms with Crippen LogP contribution in [-0.4, -0.2) is 37.2 Å². The Morgan fingerprint density at radius 2 is 0.494 bits per heavy atom. The molecule has 0 aromatic rings. The molecule has 0 bridgehead atoms. The van der Waals surface area contributed by atoms with Crippen LogP contribution < -0.4 is 0 Å². The fourth-order valence-electron chi connectivity index (χ4n) is 10.1. The van der Waals surface area contributed by atoms with E-state index in [-0.39, 0.29) is 31.1 Å². The first-order valence-corrected chi connectivity index (χ1v) is 34.4. The number of rotatable bonds is 63. The van der Waals surface area contributed by atoms with E-state index < -0.39 is 6.10 Å². The highest BCUT2D eigenvalue weighted by molar-refractivity contribution is 5.71. The number of carbonyl (C=O) groups is 3. The van der Waals surface area contributed by atoms with Crippen molar-refractivity contribution in [2.24, 2.45) is 0 Å². The lowest BCUT2D eigenvalue weighted by Crippen LogP contribution is -2.30. The Bertz CT molecular complexity index is 1450. The average molecular weight is 1100 g/mol. The summed E-state index contributed by atoms with van der Waals surface area (Å²) >= 11 is 0. The number of unbranched alkanes of at least 4 members (excludes halogenated alkanes) is 40. The van der Waals surface area contributed by atoms with Gasteiger partial charge in [0, 0.05) is 19.3 Å². The highest BCUT2D eigenvalue weighted by atomic mass is 16.6. The Kier molecular flexibility index (Phi) is 64.7. The van der Waals surface area contributed by atoms with E-state index in [2.05, 4.69) is 93.7 Å². The predicted octanol–water partition coefficient (Wildman–Crippen LogP) is 23.7. The predicted molar refractivity (Wildman–Crippen MR) is 344 cm³/mol. The molecule has 0 aromatic carbocycles. The van der Waals surface area contributed by atoms with Crippen molar-refractivity contribution in [3.63, 3.8) is 0 Å². The fourth-order valence-corrected chi connectivity index (χ4v) is 10.1. The summed E-state index contributed by atoms with van der Waals surface area (Å²) in [4.78, 5) is 38.3. The second-order valence-electron chi connectivity index (χ2n) is 23.1. The third-order valence-electron chi connectivity index (χ3n) is 15.2. The van der Waals surface area contributed by atoms with E-state index in [1.165, 1.54) is 225 Å². The Morgan fingerprint density at radius 1 is 0.266 bits per heavy atom. The molecule has 0 saturated heterocycles. The molecule has 0 amide bonds. The molecule has 0 radical (unpaired) electrons. The summed E-state index contributed by atoms with van der Waals surface area (Å²) in [5.41, 5.74) is 0. The van der Waals surface area contributed by atoms with Gasteiger partial charge >= 0.3 is 17.9 Å². The number of carbonyl (C=O) groups excluding carboxylic acids is 3. The summed E-state index contributed by atoms with van der Waals surface area (Å²) in [5.74, 6) is -0.856. The molecule has 458 valence electrons. The summed E-state index contributed by atoms with van der Waals surface area (Å²) in [6.45, 7) is 6.54. The van der Waals surface area contributed by atoms with Crippen molar-refractivity contribution in [1.82, 2.24) is 0 Å². The van der Waals surface area contributed by atoms with E-state index >= 15 is 0 Å². The van der Waals surface area contributed by atoms with E-state index in [0.717, 1.165) is 89.9 Å². The van der Waals surface area contributed by atoms with Gasteiger partial charge in [0.05, 0.1) is 0 Å². The van der Waals surface area contributed by atoms with Gasteiger partial charge in [-0.2, -0.15) is 0 Å². The van der Waals surface area contributed by atoms with Gasteiger partial charge in [-0.25, -0.2) is 0 Å².